The molecule has 0 spiro atoms. The number of anilines is 1. The minimum Gasteiger partial charge on any atom is -0.354 e. The average molecular weight is 326 g/mol. The first-order chi connectivity index (χ1) is 11.9. The third-order valence-electron chi connectivity index (χ3n) is 5.11. The van der Waals surface area contributed by atoms with E-state index in [-0.39, 0.29) is 0 Å². The third-order valence-corrected chi connectivity index (χ3v) is 5.11. The van der Waals surface area contributed by atoms with Crippen molar-refractivity contribution < 1.29 is 0 Å². The van der Waals surface area contributed by atoms with Gasteiger partial charge in [-0.15, -0.1) is 0 Å². The summed E-state index contributed by atoms with van der Waals surface area (Å²) in [6.45, 7) is 8.58. The van der Waals surface area contributed by atoms with Crippen molar-refractivity contribution in [1.82, 2.24) is 24.8 Å². The predicted octanol–water partition coefficient (Wildman–Crippen LogP) is 0.789. The van der Waals surface area contributed by atoms with E-state index in [1.54, 1.807) is 6.33 Å². The summed E-state index contributed by atoms with van der Waals surface area (Å²) in [6, 6.07) is 4.18. The summed E-state index contributed by atoms with van der Waals surface area (Å²) >= 11 is 0. The summed E-state index contributed by atoms with van der Waals surface area (Å²) in [5.74, 6) is 1.17. The zero-order valence-corrected chi connectivity index (χ0v) is 14.2. The number of hydrogen-bond acceptors (Lipinski definition) is 5. The molecule has 0 radical (unpaired) electrons. The van der Waals surface area contributed by atoms with Crippen molar-refractivity contribution >= 4 is 5.82 Å². The van der Waals surface area contributed by atoms with Crippen molar-refractivity contribution in [3.63, 3.8) is 0 Å². The second-order valence-corrected chi connectivity index (χ2v) is 6.62. The summed E-state index contributed by atoms with van der Waals surface area (Å²) in [5.41, 5.74) is 2.60. The Morgan fingerprint density at radius 3 is 2.54 bits per heavy atom. The van der Waals surface area contributed by atoms with Gasteiger partial charge in [0.1, 0.15) is 12.1 Å². The highest BCUT2D eigenvalue weighted by molar-refractivity contribution is 5.49. The first kappa shape index (κ1) is 15.6. The standard InChI is InChI=1S/C18H26N6/c1-2-8-22(7-1)9-10-23-11-13-24(14-12-23)18-16-3-5-19-6-4-17(16)20-15-21-18/h1-2,7-8,15,19H,3-6,9-14H2. The van der Waals surface area contributed by atoms with Gasteiger partial charge in [-0.1, -0.05) is 0 Å². The van der Waals surface area contributed by atoms with Crippen LogP contribution in [-0.4, -0.2) is 65.2 Å². The Bertz CT molecular complexity index is 646. The van der Waals surface area contributed by atoms with Crippen LogP contribution in [0.4, 0.5) is 5.82 Å². The van der Waals surface area contributed by atoms with E-state index in [0.717, 1.165) is 65.2 Å². The van der Waals surface area contributed by atoms with Crippen LogP contribution in [0.3, 0.4) is 0 Å². The van der Waals surface area contributed by atoms with Gasteiger partial charge in [0.2, 0.25) is 0 Å². The van der Waals surface area contributed by atoms with E-state index in [2.05, 4.69) is 54.2 Å². The summed E-state index contributed by atoms with van der Waals surface area (Å²) in [4.78, 5) is 14.2. The quantitative estimate of drug-likeness (QED) is 0.900. The van der Waals surface area contributed by atoms with Gasteiger partial charge in [0, 0.05) is 70.2 Å². The molecule has 24 heavy (non-hydrogen) atoms. The van der Waals surface area contributed by atoms with Crippen LogP contribution in [0.25, 0.3) is 0 Å². The Hall–Kier alpha value is -1.92. The minimum absolute atomic E-state index is 1.02. The van der Waals surface area contributed by atoms with Crippen molar-refractivity contribution in [2.45, 2.75) is 19.4 Å². The maximum absolute atomic E-state index is 4.63. The molecule has 0 aromatic carbocycles. The fourth-order valence-electron chi connectivity index (χ4n) is 3.69. The fraction of sp³-hybridized carbons (Fsp3) is 0.556. The van der Waals surface area contributed by atoms with E-state index in [0.29, 0.717) is 0 Å². The molecule has 0 unspecified atom stereocenters. The lowest BCUT2D eigenvalue weighted by Gasteiger charge is -2.36. The molecule has 128 valence electrons. The van der Waals surface area contributed by atoms with Gasteiger partial charge in [-0.2, -0.15) is 0 Å². The molecule has 2 aliphatic rings. The van der Waals surface area contributed by atoms with Crippen molar-refractivity contribution in [1.29, 1.82) is 0 Å². The summed E-state index contributed by atoms with van der Waals surface area (Å²) in [6.07, 6.45) is 8.08. The molecular formula is C18H26N6. The predicted molar refractivity (Wildman–Crippen MR) is 95.4 cm³/mol. The van der Waals surface area contributed by atoms with Crippen LogP contribution >= 0.6 is 0 Å². The molecule has 0 aliphatic carbocycles. The lowest BCUT2D eigenvalue weighted by Crippen LogP contribution is -2.47. The normalized spacial score (nSPS) is 19.1. The summed E-state index contributed by atoms with van der Waals surface area (Å²) in [7, 11) is 0. The van der Waals surface area contributed by atoms with Crippen LogP contribution in [0.15, 0.2) is 30.9 Å². The van der Waals surface area contributed by atoms with Crippen LogP contribution in [0.1, 0.15) is 11.3 Å². The number of piperazine rings is 1. The van der Waals surface area contributed by atoms with Crippen LogP contribution < -0.4 is 10.2 Å². The fourth-order valence-corrected chi connectivity index (χ4v) is 3.69. The largest absolute Gasteiger partial charge is 0.354 e. The van der Waals surface area contributed by atoms with Gasteiger partial charge >= 0.3 is 0 Å². The van der Waals surface area contributed by atoms with E-state index in [1.807, 2.05) is 0 Å². The second-order valence-electron chi connectivity index (χ2n) is 6.62. The van der Waals surface area contributed by atoms with E-state index in [1.165, 1.54) is 17.1 Å². The SMILES string of the molecule is c1ccn(CCN2CCN(c3ncnc4c3CCNCC4)CC2)c1. The van der Waals surface area contributed by atoms with Gasteiger partial charge in [0.15, 0.2) is 0 Å². The van der Waals surface area contributed by atoms with Gasteiger partial charge < -0.3 is 14.8 Å². The molecule has 0 saturated carbocycles. The molecule has 1 fully saturated rings. The average Bonchev–Trinajstić information content (AvgIpc) is 3.03. The Labute approximate surface area is 143 Å². The summed E-state index contributed by atoms with van der Waals surface area (Å²) in [5, 5.41) is 3.46. The number of nitrogens with zero attached hydrogens (tertiary/aromatic N) is 5. The Morgan fingerprint density at radius 2 is 1.71 bits per heavy atom. The number of aromatic nitrogens is 3. The molecular weight excluding hydrogens is 300 g/mol. The highest BCUT2D eigenvalue weighted by Crippen LogP contribution is 2.23. The molecule has 6 nitrogen and oxygen atoms in total. The Morgan fingerprint density at radius 1 is 0.917 bits per heavy atom. The second kappa shape index (κ2) is 7.32. The van der Waals surface area contributed by atoms with E-state index < -0.39 is 0 Å². The number of hydrogen-bond donors (Lipinski definition) is 1. The zero-order chi connectivity index (χ0) is 16.2. The van der Waals surface area contributed by atoms with Crippen molar-refractivity contribution in [3.05, 3.63) is 42.1 Å². The highest BCUT2D eigenvalue weighted by atomic mass is 15.3. The monoisotopic (exact) mass is 326 g/mol. The molecule has 2 aliphatic heterocycles. The van der Waals surface area contributed by atoms with Crippen LogP contribution in [0, 0.1) is 0 Å². The number of rotatable bonds is 4. The molecule has 0 bridgehead atoms. The van der Waals surface area contributed by atoms with Gasteiger partial charge in [0.05, 0.1) is 5.69 Å². The Kier molecular flexibility index (Phi) is 4.76. The molecule has 1 N–H and O–H groups in total. The van der Waals surface area contributed by atoms with Crippen LogP contribution in [0.2, 0.25) is 0 Å². The molecule has 0 amide bonds. The van der Waals surface area contributed by atoms with Crippen molar-refractivity contribution in [2.24, 2.45) is 0 Å². The van der Waals surface area contributed by atoms with E-state index >= 15 is 0 Å². The maximum atomic E-state index is 4.63. The van der Waals surface area contributed by atoms with E-state index in [9.17, 15) is 0 Å². The molecule has 1 saturated heterocycles. The zero-order valence-electron chi connectivity index (χ0n) is 14.2. The highest BCUT2D eigenvalue weighted by Gasteiger charge is 2.22. The topological polar surface area (TPSA) is 49.2 Å². The van der Waals surface area contributed by atoms with Crippen molar-refractivity contribution in [2.75, 3.05) is 50.7 Å². The third kappa shape index (κ3) is 3.44. The van der Waals surface area contributed by atoms with Crippen LogP contribution in [-0.2, 0) is 19.4 Å². The molecule has 2 aromatic heterocycles. The van der Waals surface area contributed by atoms with Gasteiger partial charge in [0.25, 0.3) is 0 Å². The Balaban J connectivity index is 1.37. The number of nitrogens with one attached hydrogen (secondary N) is 1. The molecule has 4 rings (SSSR count). The molecule has 6 heteroatoms. The van der Waals surface area contributed by atoms with Crippen LogP contribution in [0.5, 0.6) is 0 Å². The summed E-state index contributed by atoms with van der Waals surface area (Å²) < 4.78 is 2.25. The van der Waals surface area contributed by atoms with E-state index in [4.69, 9.17) is 0 Å². The smallest absolute Gasteiger partial charge is 0.135 e. The van der Waals surface area contributed by atoms with Gasteiger partial charge in [-0.05, 0) is 25.1 Å². The first-order valence-corrected chi connectivity index (χ1v) is 9.02. The molecule has 2 aromatic rings. The molecule has 0 atom stereocenters. The first-order valence-electron chi connectivity index (χ1n) is 9.02. The van der Waals surface area contributed by atoms with Crippen molar-refractivity contribution in [3.8, 4) is 0 Å². The number of fused-ring (bicyclic) bond motifs is 1. The van der Waals surface area contributed by atoms with Gasteiger partial charge in [-0.3, -0.25) is 4.90 Å². The lowest BCUT2D eigenvalue weighted by molar-refractivity contribution is 0.247. The molecule has 4 heterocycles. The minimum atomic E-state index is 1.02. The van der Waals surface area contributed by atoms with Gasteiger partial charge in [-0.25, -0.2) is 9.97 Å². The maximum Gasteiger partial charge on any atom is 0.135 e. The lowest BCUT2D eigenvalue weighted by atomic mass is 10.1.